The van der Waals surface area contributed by atoms with Crippen LogP contribution in [-0.2, 0) is 0 Å². The maximum Gasteiger partial charge on any atom is 0.0654 e. The second kappa shape index (κ2) is 4.60. The van der Waals surface area contributed by atoms with Crippen molar-refractivity contribution >= 4 is 22.8 Å². The highest BCUT2D eigenvalue weighted by Crippen LogP contribution is 2.62. The molecule has 0 radical (unpaired) electrons. The van der Waals surface area contributed by atoms with Crippen molar-refractivity contribution in [2.24, 2.45) is 23.5 Å². The smallest absolute Gasteiger partial charge is 0.0654 e. The predicted octanol–water partition coefficient (Wildman–Crippen LogP) is 2.98. The van der Waals surface area contributed by atoms with Crippen molar-refractivity contribution in [1.82, 2.24) is 10.2 Å². The first-order chi connectivity index (χ1) is 11.3. The molecule has 2 unspecified atom stereocenters. The Hall–Kier alpha value is -2.30. The minimum absolute atomic E-state index is 0.162. The molecule has 5 rings (SSSR count). The molecule has 2 fully saturated rings. The summed E-state index contributed by atoms with van der Waals surface area (Å²) in [7, 11) is 0. The lowest BCUT2D eigenvalue weighted by Crippen LogP contribution is -2.42. The molecule has 2 saturated carbocycles. The molecular weight excluding hydrogens is 286 g/mol. The van der Waals surface area contributed by atoms with E-state index in [-0.39, 0.29) is 6.04 Å². The summed E-state index contributed by atoms with van der Waals surface area (Å²) in [6, 6.07) is 4.41. The van der Waals surface area contributed by atoms with Crippen LogP contribution in [0.1, 0.15) is 30.7 Å². The number of nitrogens with two attached hydrogens (primary N) is 1. The predicted molar refractivity (Wildman–Crippen MR) is 91.6 cm³/mol. The summed E-state index contributed by atoms with van der Waals surface area (Å²) < 4.78 is 0. The second-order valence-electron chi connectivity index (χ2n) is 7.23. The molecule has 2 heterocycles. The van der Waals surface area contributed by atoms with Crippen LogP contribution in [-0.4, -0.2) is 22.5 Å². The number of aromatic nitrogens is 2. The zero-order valence-corrected chi connectivity index (χ0v) is 12.9. The summed E-state index contributed by atoms with van der Waals surface area (Å²) in [4.78, 5) is 0. The van der Waals surface area contributed by atoms with Gasteiger partial charge in [-0.1, -0.05) is 0 Å². The molecule has 1 aromatic carbocycles. The molecule has 5 atom stereocenters. The van der Waals surface area contributed by atoms with E-state index in [1.807, 2.05) is 6.20 Å². The summed E-state index contributed by atoms with van der Waals surface area (Å²) in [5.41, 5.74) is 10.5. The summed E-state index contributed by atoms with van der Waals surface area (Å²) in [6.45, 7) is 0. The van der Waals surface area contributed by atoms with E-state index in [9.17, 15) is 0 Å². The van der Waals surface area contributed by atoms with Crippen molar-refractivity contribution in [3.63, 3.8) is 0 Å². The van der Waals surface area contributed by atoms with E-state index in [4.69, 9.17) is 11.1 Å². The minimum atomic E-state index is 0.162. The number of rotatable bonds is 2. The van der Waals surface area contributed by atoms with Gasteiger partial charge in [0.1, 0.15) is 0 Å². The van der Waals surface area contributed by atoms with Gasteiger partial charge in [0.05, 0.1) is 17.8 Å². The number of fused-ring (bicyclic) bond motifs is 9. The Bertz CT molecular complexity index is 820. The first-order valence-electron chi connectivity index (χ1n) is 8.46. The summed E-state index contributed by atoms with van der Waals surface area (Å²) >= 11 is 0. The molecule has 1 aliphatic heterocycles. The molecule has 1 aromatic heterocycles. The largest absolute Gasteiger partial charge is 0.404 e. The summed E-state index contributed by atoms with van der Waals surface area (Å²) in [5.74, 6) is 2.61. The van der Waals surface area contributed by atoms with Crippen LogP contribution < -0.4 is 11.1 Å². The Morgan fingerprint density at radius 2 is 2.17 bits per heavy atom. The first-order valence-corrected chi connectivity index (χ1v) is 8.46. The van der Waals surface area contributed by atoms with Gasteiger partial charge in [0.15, 0.2) is 0 Å². The van der Waals surface area contributed by atoms with Crippen molar-refractivity contribution in [3.05, 3.63) is 35.7 Å². The number of aromatic amines is 1. The molecule has 0 spiro atoms. The van der Waals surface area contributed by atoms with Gasteiger partial charge in [0, 0.05) is 29.1 Å². The van der Waals surface area contributed by atoms with E-state index in [2.05, 4.69) is 27.6 Å². The standard InChI is InChI=1S/C18H21N5/c19-6-11(7-20)18-16-10-2-1-9(5-10)15(16)17-12-8-21-23-13(12)3-4-14(17)22-18/h3-4,6-10,15-16,18-19,22H,1-2,5,20H2,(H,21,23)/b11-7+,19-6?/t9?,10?,15-,16+,18-/m0/s1. The van der Waals surface area contributed by atoms with Crippen LogP contribution in [0.15, 0.2) is 30.1 Å². The number of nitrogens with zero attached hydrogens (tertiary/aromatic N) is 1. The Kier molecular flexibility index (Phi) is 2.63. The van der Waals surface area contributed by atoms with Crippen LogP contribution in [0.4, 0.5) is 5.69 Å². The first kappa shape index (κ1) is 13.2. The lowest BCUT2D eigenvalue weighted by atomic mass is 9.67. The topological polar surface area (TPSA) is 90.6 Å². The van der Waals surface area contributed by atoms with Gasteiger partial charge in [0.25, 0.3) is 0 Å². The molecule has 2 bridgehead atoms. The molecular formula is C18H21N5. The number of H-pyrrole nitrogens is 1. The molecule has 3 aliphatic rings. The van der Waals surface area contributed by atoms with Gasteiger partial charge in [-0.15, -0.1) is 0 Å². The number of hydrogen-bond acceptors (Lipinski definition) is 4. The van der Waals surface area contributed by atoms with Crippen molar-refractivity contribution in [3.8, 4) is 0 Å². The molecule has 0 amide bonds. The highest BCUT2D eigenvalue weighted by Gasteiger charge is 2.54. The summed E-state index contributed by atoms with van der Waals surface area (Å²) in [6.07, 6.45) is 8.96. The third-order valence-electron chi connectivity index (χ3n) is 6.39. The Balaban J connectivity index is 1.73. The second-order valence-corrected chi connectivity index (χ2v) is 7.23. The normalized spacial score (nSPS) is 35.0. The van der Waals surface area contributed by atoms with Crippen LogP contribution in [0, 0.1) is 23.2 Å². The van der Waals surface area contributed by atoms with E-state index in [1.54, 1.807) is 6.20 Å². The molecule has 5 heteroatoms. The van der Waals surface area contributed by atoms with E-state index >= 15 is 0 Å². The fourth-order valence-electron chi connectivity index (χ4n) is 5.58. The zero-order valence-electron chi connectivity index (χ0n) is 12.9. The van der Waals surface area contributed by atoms with Gasteiger partial charge in [-0.2, -0.15) is 5.10 Å². The average molecular weight is 307 g/mol. The average Bonchev–Trinajstić information content (AvgIpc) is 3.31. The van der Waals surface area contributed by atoms with Crippen molar-refractivity contribution < 1.29 is 0 Å². The third-order valence-corrected chi connectivity index (χ3v) is 6.39. The maximum atomic E-state index is 7.74. The Morgan fingerprint density at radius 3 is 3.00 bits per heavy atom. The van der Waals surface area contributed by atoms with E-state index in [0.29, 0.717) is 11.8 Å². The molecule has 2 aromatic rings. The van der Waals surface area contributed by atoms with Crippen LogP contribution in [0.25, 0.3) is 10.9 Å². The van der Waals surface area contributed by atoms with Gasteiger partial charge in [-0.3, -0.25) is 5.10 Å². The highest BCUT2D eigenvalue weighted by molar-refractivity contribution is 5.89. The fourth-order valence-corrected chi connectivity index (χ4v) is 5.58. The molecule has 5 nitrogen and oxygen atoms in total. The third kappa shape index (κ3) is 1.62. The number of anilines is 1. The van der Waals surface area contributed by atoms with Crippen LogP contribution in [0.3, 0.4) is 0 Å². The van der Waals surface area contributed by atoms with E-state index in [1.165, 1.54) is 42.1 Å². The fraction of sp³-hybridized carbons (Fsp3) is 0.444. The zero-order chi connectivity index (χ0) is 15.6. The lowest BCUT2D eigenvalue weighted by molar-refractivity contribution is 0.265. The van der Waals surface area contributed by atoms with Crippen molar-refractivity contribution in [2.45, 2.75) is 31.2 Å². The maximum absolute atomic E-state index is 7.74. The minimum Gasteiger partial charge on any atom is -0.404 e. The van der Waals surface area contributed by atoms with Crippen LogP contribution >= 0.6 is 0 Å². The quantitative estimate of drug-likeness (QED) is 0.643. The number of nitrogens with one attached hydrogen (secondary N) is 3. The highest BCUT2D eigenvalue weighted by atomic mass is 15.1. The molecule has 23 heavy (non-hydrogen) atoms. The number of benzene rings is 1. The van der Waals surface area contributed by atoms with Gasteiger partial charge in [0.2, 0.25) is 0 Å². The Morgan fingerprint density at radius 1 is 1.30 bits per heavy atom. The molecule has 5 N–H and O–H groups in total. The lowest BCUT2D eigenvalue weighted by Gasteiger charge is -2.43. The van der Waals surface area contributed by atoms with E-state index < -0.39 is 0 Å². The number of hydrogen-bond donors (Lipinski definition) is 4. The van der Waals surface area contributed by atoms with Gasteiger partial charge in [-0.25, -0.2) is 0 Å². The van der Waals surface area contributed by atoms with E-state index in [0.717, 1.165) is 22.9 Å². The molecule has 2 aliphatic carbocycles. The Labute approximate surface area is 134 Å². The monoisotopic (exact) mass is 307 g/mol. The van der Waals surface area contributed by atoms with Gasteiger partial charge in [-0.05, 0) is 60.6 Å². The van der Waals surface area contributed by atoms with Gasteiger partial charge >= 0.3 is 0 Å². The van der Waals surface area contributed by atoms with Crippen molar-refractivity contribution in [2.75, 3.05) is 5.32 Å². The molecule has 118 valence electrons. The van der Waals surface area contributed by atoms with Crippen molar-refractivity contribution in [1.29, 1.82) is 5.41 Å². The SMILES string of the molecule is N=C/C(=C\N)[C@@H]1Nc2ccc3[nH]ncc3c2[C@H]2C3CCC(C3)[C@@H]12. The van der Waals surface area contributed by atoms with Gasteiger partial charge < -0.3 is 16.5 Å². The summed E-state index contributed by atoms with van der Waals surface area (Å²) in [5, 5.41) is 20.0. The van der Waals surface area contributed by atoms with Crippen LogP contribution in [0.2, 0.25) is 0 Å². The van der Waals surface area contributed by atoms with Crippen LogP contribution in [0.5, 0.6) is 0 Å². The molecule has 0 saturated heterocycles.